The minimum Gasteiger partial charge on any atom is -0.454 e. The average Bonchev–Trinajstić information content (AvgIpc) is 2.42. The molecule has 0 bridgehead atoms. The number of ether oxygens (including phenoxy) is 1. The van der Waals surface area contributed by atoms with Crippen molar-refractivity contribution < 1.29 is 23.1 Å². The van der Waals surface area contributed by atoms with Gasteiger partial charge in [-0.05, 0) is 30.3 Å². The van der Waals surface area contributed by atoms with Crippen molar-refractivity contribution in [3.8, 4) is 11.5 Å². The van der Waals surface area contributed by atoms with E-state index in [4.69, 9.17) is 15.7 Å². The van der Waals surface area contributed by atoms with Gasteiger partial charge in [0.1, 0.15) is 17.4 Å². The molecule has 2 aromatic carbocycles. The van der Waals surface area contributed by atoms with Crippen LogP contribution in [0.2, 0.25) is 0 Å². The summed E-state index contributed by atoms with van der Waals surface area (Å²) in [6.07, 6.45) is 0. The Kier molecular flexibility index (Phi) is 3.79. The van der Waals surface area contributed by atoms with Crippen LogP contribution in [0.1, 0.15) is 5.56 Å². The fourth-order valence-corrected chi connectivity index (χ4v) is 1.52. The summed E-state index contributed by atoms with van der Waals surface area (Å²) >= 11 is 0. The smallest absolute Gasteiger partial charge is 0.173 e. The number of amidine groups is 1. The zero-order chi connectivity index (χ0) is 14.7. The molecule has 0 aliphatic rings. The van der Waals surface area contributed by atoms with Crippen LogP contribution in [0.5, 0.6) is 11.5 Å². The largest absolute Gasteiger partial charge is 0.454 e. The molecule has 7 heteroatoms. The lowest BCUT2D eigenvalue weighted by atomic mass is 10.2. The highest BCUT2D eigenvalue weighted by atomic mass is 19.1. The van der Waals surface area contributed by atoms with E-state index < -0.39 is 23.3 Å². The number of oxime groups is 1. The van der Waals surface area contributed by atoms with E-state index in [2.05, 4.69) is 5.16 Å². The van der Waals surface area contributed by atoms with E-state index in [0.29, 0.717) is 6.07 Å². The second kappa shape index (κ2) is 5.52. The van der Waals surface area contributed by atoms with Gasteiger partial charge in [-0.25, -0.2) is 13.2 Å². The Balaban J connectivity index is 2.43. The lowest BCUT2D eigenvalue weighted by Gasteiger charge is -2.11. The van der Waals surface area contributed by atoms with E-state index in [1.807, 2.05) is 0 Å². The molecule has 0 aliphatic heterocycles. The van der Waals surface area contributed by atoms with Gasteiger partial charge in [0, 0.05) is 6.07 Å². The summed E-state index contributed by atoms with van der Waals surface area (Å²) in [7, 11) is 0. The summed E-state index contributed by atoms with van der Waals surface area (Å²) in [4.78, 5) is 0. The molecule has 0 aromatic heterocycles. The third-order valence-corrected chi connectivity index (χ3v) is 2.44. The van der Waals surface area contributed by atoms with E-state index in [9.17, 15) is 13.2 Å². The molecular formula is C13H9F3N2O2. The summed E-state index contributed by atoms with van der Waals surface area (Å²) < 4.78 is 44.6. The predicted molar refractivity (Wildman–Crippen MR) is 65.3 cm³/mol. The second-order valence-corrected chi connectivity index (χ2v) is 3.80. The second-order valence-electron chi connectivity index (χ2n) is 3.80. The SMILES string of the molecule is NC(=NO)c1cc(F)ccc1Oc1ccc(F)cc1F. The van der Waals surface area contributed by atoms with Gasteiger partial charge in [0.2, 0.25) is 0 Å². The summed E-state index contributed by atoms with van der Waals surface area (Å²) in [5, 5.41) is 11.4. The van der Waals surface area contributed by atoms with Gasteiger partial charge in [-0.1, -0.05) is 5.16 Å². The maximum absolute atomic E-state index is 13.5. The monoisotopic (exact) mass is 282 g/mol. The maximum Gasteiger partial charge on any atom is 0.173 e. The minimum absolute atomic E-state index is 0.0350. The maximum atomic E-state index is 13.5. The molecule has 2 rings (SSSR count). The molecule has 2 aromatic rings. The lowest BCUT2D eigenvalue weighted by molar-refractivity contribution is 0.318. The molecule has 0 fully saturated rings. The fraction of sp³-hybridized carbons (Fsp3) is 0. The first-order valence-corrected chi connectivity index (χ1v) is 5.41. The van der Waals surface area contributed by atoms with Crippen molar-refractivity contribution in [2.75, 3.05) is 0 Å². The number of halogens is 3. The summed E-state index contributed by atoms with van der Waals surface area (Å²) in [5.74, 6) is -3.04. The van der Waals surface area contributed by atoms with Crippen LogP contribution in [0.3, 0.4) is 0 Å². The quantitative estimate of drug-likeness (QED) is 0.393. The van der Waals surface area contributed by atoms with Gasteiger partial charge in [0.05, 0.1) is 5.56 Å². The van der Waals surface area contributed by atoms with E-state index >= 15 is 0 Å². The van der Waals surface area contributed by atoms with E-state index in [-0.39, 0.29) is 17.1 Å². The van der Waals surface area contributed by atoms with Gasteiger partial charge in [-0.15, -0.1) is 0 Å². The van der Waals surface area contributed by atoms with Gasteiger partial charge in [-0.2, -0.15) is 0 Å². The normalized spacial score (nSPS) is 11.4. The molecule has 0 saturated carbocycles. The van der Waals surface area contributed by atoms with Crippen molar-refractivity contribution in [2.45, 2.75) is 0 Å². The lowest BCUT2D eigenvalue weighted by Crippen LogP contribution is -2.14. The van der Waals surface area contributed by atoms with E-state index in [0.717, 1.165) is 24.3 Å². The van der Waals surface area contributed by atoms with Crippen LogP contribution >= 0.6 is 0 Å². The molecule has 104 valence electrons. The van der Waals surface area contributed by atoms with Crippen molar-refractivity contribution >= 4 is 5.84 Å². The molecule has 0 unspecified atom stereocenters. The Bertz CT molecular complexity index is 675. The summed E-state index contributed by atoms with van der Waals surface area (Å²) in [6.45, 7) is 0. The fourth-order valence-electron chi connectivity index (χ4n) is 1.52. The van der Waals surface area contributed by atoms with E-state index in [1.165, 1.54) is 6.07 Å². The Morgan fingerprint density at radius 3 is 2.20 bits per heavy atom. The Morgan fingerprint density at radius 2 is 1.60 bits per heavy atom. The molecule has 20 heavy (non-hydrogen) atoms. The molecule has 0 atom stereocenters. The molecule has 0 saturated heterocycles. The zero-order valence-corrected chi connectivity index (χ0v) is 9.98. The van der Waals surface area contributed by atoms with Crippen molar-refractivity contribution in [3.05, 3.63) is 59.4 Å². The van der Waals surface area contributed by atoms with Crippen molar-refractivity contribution in [2.24, 2.45) is 10.9 Å². The minimum atomic E-state index is -0.931. The number of hydrogen-bond acceptors (Lipinski definition) is 3. The Labute approximate surface area is 111 Å². The molecular weight excluding hydrogens is 273 g/mol. The highest BCUT2D eigenvalue weighted by molar-refractivity contribution is 5.99. The van der Waals surface area contributed by atoms with Gasteiger partial charge in [-0.3, -0.25) is 0 Å². The molecule has 3 N–H and O–H groups in total. The van der Waals surface area contributed by atoms with Crippen LogP contribution in [0.4, 0.5) is 13.2 Å². The Morgan fingerprint density at radius 1 is 1.00 bits per heavy atom. The van der Waals surface area contributed by atoms with Crippen LogP contribution in [-0.2, 0) is 0 Å². The predicted octanol–water partition coefficient (Wildman–Crippen LogP) is 2.99. The average molecular weight is 282 g/mol. The molecule has 4 nitrogen and oxygen atoms in total. The standard InChI is InChI=1S/C13H9F3N2O2/c14-7-1-3-11(9(5-7)13(17)18-19)20-12-4-2-8(15)6-10(12)16/h1-6,19H,(H2,17,18). The highest BCUT2D eigenvalue weighted by Crippen LogP contribution is 2.28. The molecule has 0 spiro atoms. The molecule has 0 heterocycles. The molecule has 0 amide bonds. The van der Waals surface area contributed by atoms with Gasteiger partial charge in [0.15, 0.2) is 17.4 Å². The molecule has 0 radical (unpaired) electrons. The van der Waals surface area contributed by atoms with Crippen LogP contribution in [-0.4, -0.2) is 11.0 Å². The molecule has 0 aliphatic carbocycles. The number of nitrogens with two attached hydrogens (primary N) is 1. The van der Waals surface area contributed by atoms with Crippen LogP contribution in [0.15, 0.2) is 41.6 Å². The summed E-state index contributed by atoms with van der Waals surface area (Å²) in [5.41, 5.74) is 5.32. The first-order valence-electron chi connectivity index (χ1n) is 5.41. The number of hydrogen-bond donors (Lipinski definition) is 2. The first kappa shape index (κ1) is 13.7. The van der Waals surface area contributed by atoms with Gasteiger partial charge in [0.25, 0.3) is 0 Å². The van der Waals surface area contributed by atoms with Crippen molar-refractivity contribution in [3.63, 3.8) is 0 Å². The van der Waals surface area contributed by atoms with Crippen LogP contribution in [0.25, 0.3) is 0 Å². The number of nitrogens with zero attached hydrogens (tertiary/aromatic N) is 1. The highest BCUT2D eigenvalue weighted by Gasteiger charge is 2.13. The summed E-state index contributed by atoms with van der Waals surface area (Å²) in [6, 6.07) is 5.93. The number of benzene rings is 2. The van der Waals surface area contributed by atoms with Gasteiger partial charge < -0.3 is 15.7 Å². The zero-order valence-electron chi connectivity index (χ0n) is 9.98. The number of rotatable bonds is 3. The van der Waals surface area contributed by atoms with Crippen LogP contribution < -0.4 is 10.5 Å². The van der Waals surface area contributed by atoms with Crippen molar-refractivity contribution in [1.29, 1.82) is 0 Å². The van der Waals surface area contributed by atoms with Crippen LogP contribution in [0, 0.1) is 17.5 Å². The van der Waals surface area contributed by atoms with Crippen molar-refractivity contribution in [1.82, 2.24) is 0 Å². The Hall–Kier alpha value is -2.70. The topological polar surface area (TPSA) is 67.8 Å². The third-order valence-electron chi connectivity index (χ3n) is 2.44. The van der Waals surface area contributed by atoms with E-state index in [1.54, 1.807) is 0 Å². The van der Waals surface area contributed by atoms with Gasteiger partial charge >= 0.3 is 0 Å². The third kappa shape index (κ3) is 2.82. The first-order chi connectivity index (χ1) is 9.51.